The number of halogens is 2. The number of nitrogens with one attached hydrogen (secondary N) is 2. The van der Waals surface area contributed by atoms with Gasteiger partial charge in [0, 0.05) is 10.7 Å². The maximum atomic E-state index is 13.1. The summed E-state index contributed by atoms with van der Waals surface area (Å²) in [6, 6.07) is 17.8. The minimum absolute atomic E-state index is 0.0185. The van der Waals surface area contributed by atoms with Crippen molar-refractivity contribution in [1.82, 2.24) is 4.72 Å². The Morgan fingerprint density at radius 1 is 0.935 bits per heavy atom. The van der Waals surface area contributed by atoms with Crippen molar-refractivity contribution in [1.29, 1.82) is 0 Å². The number of rotatable bonds is 7. The predicted octanol–water partition coefficient (Wildman–Crippen LogP) is 5.14. The molecule has 0 aliphatic rings. The van der Waals surface area contributed by atoms with Gasteiger partial charge in [0.05, 0.1) is 5.02 Å². The predicted molar refractivity (Wildman–Crippen MR) is 125 cm³/mol. The Balaban J connectivity index is 1.91. The zero-order valence-corrected chi connectivity index (χ0v) is 19.4. The molecule has 3 aromatic rings. The number of hydrogen-bond donors (Lipinski definition) is 2. The molecule has 0 aromatic heterocycles. The van der Waals surface area contributed by atoms with Gasteiger partial charge in [0.15, 0.2) is 0 Å². The van der Waals surface area contributed by atoms with Gasteiger partial charge in [-0.25, -0.2) is 8.42 Å². The highest BCUT2D eigenvalue weighted by Crippen LogP contribution is 2.25. The third-order valence-corrected chi connectivity index (χ3v) is 7.04. The number of anilines is 1. The van der Waals surface area contributed by atoms with E-state index in [-0.39, 0.29) is 21.4 Å². The standard InChI is InChI=1S/C23H22Cl2N2O3S/c1-15-8-10-19(12-16(15)2)26-23(28)21(13-17-6-4-3-5-7-17)27-31(29,30)22-14-18(24)9-11-20(22)25/h3-12,14,21,27H,13H2,1-2H3,(H,26,28)/t21-/m0/s1. The summed E-state index contributed by atoms with van der Waals surface area (Å²) in [7, 11) is -4.11. The third-order valence-electron chi connectivity index (χ3n) is 4.85. The average Bonchev–Trinajstić information content (AvgIpc) is 2.72. The highest BCUT2D eigenvalue weighted by atomic mass is 35.5. The van der Waals surface area contributed by atoms with E-state index in [4.69, 9.17) is 23.2 Å². The molecular weight excluding hydrogens is 455 g/mol. The molecule has 0 unspecified atom stereocenters. The van der Waals surface area contributed by atoms with Crippen LogP contribution < -0.4 is 10.0 Å². The maximum absolute atomic E-state index is 13.1. The van der Waals surface area contributed by atoms with Crippen LogP contribution in [0, 0.1) is 13.8 Å². The maximum Gasteiger partial charge on any atom is 0.242 e. The number of benzene rings is 3. The zero-order chi connectivity index (χ0) is 22.6. The number of carbonyl (C=O) groups excluding carboxylic acids is 1. The molecule has 1 atom stereocenters. The highest BCUT2D eigenvalue weighted by molar-refractivity contribution is 7.89. The van der Waals surface area contributed by atoms with Crippen molar-refractivity contribution in [2.45, 2.75) is 31.2 Å². The molecule has 8 heteroatoms. The van der Waals surface area contributed by atoms with Crippen LogP contribution in [0.2, 0.25) is 10.0 Å². The van der Waals surface area contributed by atoms with Gasteiger partial charge in [-0.15, -0.1) is 0 Å². The summed E-state index contributed by atoms with van der Waals surface area (Å²) in [6.07, 6.45) is 0.162. The molecule has 3 rings (SSSR count). The Morgan fingerprint density at radius 2 is 1.65 bits per heavy atom. The molecule has 0 saturated carbocycles. The van der Waals surface area contributed by atoms with Gasteiger partial charge in [0.2, 0.25) is 15.9 Å². The Morgan fingerprint density at radius 3 is 2.32 bits per heavy atom. The molecule has 31 heavy (non-hydrogen) atoms. The first-order valence-electron chi connectivity index (χ1n) is 9.55. The van der Waals surface area contributed by atoms with Gasteiger partial charge in [-0.3, -0.25) is 4.79 Å². The smallest absolute Gasteiger partial charge is 0.242 e. The molecule has 3 aromatic carbocycles. The topological polar surface area (TPSA) is 75.3 Å². The molecule has 0 radical (unpaired) electrons. The van der Waals surface area contributed by atoms with Crippen LogP contribution in [0.3, 0.4) is 0 Å². The van der Waals surface area contributed by atoms with Gasteiger partial charge in [-0.2, -0.15) is 4.72 Å². The van der Waals surface area contributed by atoms with Crippen LogP contribution in [0.15, 0.2) is 71.6 Å². The minimum atomic E-state index is -4.11. The van der Waals surface area contributed by atoms with E-state index in [0.29, 0.717) is 5.69 Å². The van der Waals surface area contributed by atoms with E-state index in [1.165, 1.54) is 18.2 Å². The molecule has 0 spiro atoms. The summed E-state index contributed by atoms with van der Waals surface area (Å²) in [5, 5.41) is 3.05. The van der Waals surface area contributed by atoms with Crippen LogP contribution in [0.25, 0.3) is 0 Å². The second kappa shape index (κ2) is 9.83. The minimum Gasteiger partial charge on any atom is -0.325 e. The number of amides is 1. The van der Waals surface area contributed by atoms with Crippen molar-refractivity contribution < 1.29 is 13.2 Å². The quantitative estimate of drug-likeness (QED) is 0.495. The van der Waals surface area contributed by atoms with Gasteiger partial charge in [0.25, 0.3) is 0 Å². The van der Waals surface area contributed by atoms with E-state index < -0.39 is 22.0 Å². The SMILES string of the molecule is Cc1ccc(NC(=O)[C@H](Cc2ccccc2)NS(=O)(=O)c2cc(Cl)ccc2Cl)cc1C. The summed E-state index contributed by atoms with van der Waals surface area (Å²) < 4.78 is 28.5. The Bertz CT molecular complexity index is 1200. The fraction of sp³-hybridized carbons (Fsp3) is 0.174. The monoisotopic (exact) mass is 476 g/mol. The van der Waals surface area contributed by atoms with Crippen molar-refractivity contribution in [2.24, 2.45) is 0 Å². The molecule has 0 bridgehead atoms. The lowest BCUT2D eigenvalue weighted by molar-refractivity contribution is -0.117. The number of carbonyl (C=O) groups is 1. The van der Waals surface area contributed by atoms with Crippen molar-refractivity contribution >= 4 is 44.8 Å². The Kier molecular flexibility index (Phi) is 7.38. The molecule has 0 saturated heterocycles. The average molecular weight is 477 g/mol. The molecular formula is C23H22Cl2N2O3S. The molecule has 2 N–H and O–H groups in total. The second-order valence-corrected chi connectivity index (χ2v) is 9.75. The summed E-state index contributed by atoms with van der Waals surface area (Å²) in [5.41, 5.74) is 3.51. The van der Waals surface area contributed by atoms with Gasteiger partial charge in [-0.05, 0) is 67.3 Å². The lowest BCUT2D eigenvalue weighted by atomic mass is 10.1. The summed E-state index contributed by atoms with van der Waals surface area (Å²) in [4.78, 5) is 12.9. The molecule has 0 aliphatic heterocycles. The van der Waals surface area contributed by atoms with Crippen LogP contribution in [-0.4, -0.2) is 20.4 Å². The molecule has 5 nitrogen and oxygen atoms in total. The molecule has 162 valence electrons. The van der Waals surface area contributed by atoms with E-state index in [1.807, 2.05) is 56.3 Å². The fourth-order valence-electron chi connectivity index (χ4n) is 3.02. The van der Waals surface area contributed by atoms with Gasteiger partial charge in [0.1, 0.15) is 10.9 Å². The first kappa shape index (κ1) is 23.3. The largest absolute Gasteiger partial charge is 0.325 e. The fourth-order valence-corrected chi connectivity index (χ4v) is 4.98. The lowest BCUT2D eigenvalue weighted by Gasteiger charge is -2.20. The van der Waals surface area contributed by atoms with E-state index in [0.717, 1.165) is 16.7 Å². The molecule has 0 heterocycles. The van der Waals surface area contributed by atoms with Crippen LogP contribution in [0.5, 0.6) is 0 Å². The lowest BCUT2D eigenvalue weighted by Crippen LogP contribution is -2.45. The highest BCUT2D eigenvalue weighted by Gasteiger charge is 2.28. The first-order valence-corrected chi connectivity index (χ1v) is 11.8. The van der Waals surface area contributed by atoms with E-state index in [1.54, 1.807) is 6.07 Å². The van der Waals surface area contributed by atoms with Gasteiger partial charge >= 0.3 is 0 Å². The number of aryl methyl sites for hydroxylation is 2. The zero-order valence-electron chi connectivity index (χ0n) is 17.0. The van der Waals surface area contributed by atoms with E-state index in [9.17, 15) is 13.2 Å². The van der Waals surface area contributed by atoms with Crippen molar-refractivity contribution in [3.8, 4) is 0 Å². The van der Waals surface area contributed by atoms with Crippen LogP contribution in [-0.2, 0) is 21.2 Å². The Hall–Kier alpha value is -2.38. The number of sulfonamides is 1. The molecule has 0 fully saturated rings. The van der Waals surface area contributed by atoms with Gasteiger partial charge in [-0.1, -0.05) is 59.6 Å². The van der Waals surface area contributed by atoms with Crippen LogP contribution in [0.4, 0.5) is 5.69 Å². The summed E-state index contributed by atoms with van der Waals surface area (Å²) in [5.74, 6) is -0.478. The molecule has 1 amide bonds. The normalized spacial score (nSPS) is 12.4. The van der Waals surface area contributed by atoms with E-state index >= 15 is 0 Å². The third kappa shape index (κ3) is 6.08. The Labute approximate surface area is 192 Å². The van der Waals surface area contributed by atoms with E-state index in [2.05, 4.69) is 10.0 Å². The summed E-state index contributed by atoms with van der Waals surface area (Å²) >= 11 is 12.0. The molecule has 0 aliphatic carbocycles. The van der Waals surface area contributed by atoms with Gasteiger partial charge < -0.3 is 5.32 Å². The summed E-state index contributed by atoms with van der Waals surface area (Å²) in [6.45, 7) is 3.91. The van der Waals surface area contributed by atoms with Crippen molar-refractivity contribution in [2.75, 3.05) is 5.32 Å². The van der Waals surface area contributed by atoms with Crippen molar-refractivity contribution in [3.63, 3.8) is 0 Å². The second-order valence-electron chi connectivity index (χ2n) is 7.23. The number of hydrogen-bond acceptors (Lipinski definition) is 3. The first-order chi connectivity index (χ1) is 14.7. The van der Waals surface area contributed by atoms with Crippen molar-refractivity contribution in [3.05, 3.63) is 93.5 Å². The van der Waals surface area contributed by atoms with Crippen LogP contribution >= 0.6 is 23.2 Å². The van der Waals surface area contributed by atoms with Crippen LogP contribution in [0.1, 0.15) is 16.7 Å².